The first-order valence-corrected chi connectivity index (χ1v) is 5.02. The quantitative estimate of drug-likeness (QED) is 0.853. The Kier molecular flexibility index (Phi) is 4.28. The van der Waals surface area contributed by atoms with Gasteiger partial charge in [0.2, 0.25) is 5.89 Å². The van der Waals surface area contributed by atoms with E-state index in [-0.39, 0.29) is 18.3 Å². The molecule has 1 aromatic heterocycles. The van der Waals surface area contributed by atoms with Crippen LogP contribution in [0.3, 0.4) is 0 Å². The predicted octanol–water partition coefficient (Wildman–Crippen LogP) is 2.24. The third-order valence-corrected chi connectivity index (χ3v) is 2.17. The maximum Gasteiger partial charge on any atom is 0.389 e. The molecule has 1 unspecified atom stereocenters. The van der Waals surface area contributed by atoms with Crippen LogP contribution in [-0.2, 0) is 6.42 Å². The van der Waals surface area contributed by atoms with Crippen molar-refractivity contribution in [2.75, 3.05) is 7.05 Å². The molecule has 0 aliphatic carbocycles. The minimum absolute atomic E-state index is 0.0982. The van der Waals surface area contributed by atoms with E-state index in [2.05, 4.69) is 15.5 Å². The first-order chi connectivity index (χ1) is 7.46. The van der Waals surface area contributed by atoms with Crippen molar-refractivity contribution >= 4 is 0 Å². The molecule has 1 rings (SSSR count). The summed E-state index contributed by atoms with van der Waals surface area (Å²) in [6.45, 7) is 1.92. The summed E-state index contributed by atoms with van der Waals surface area (Å²) in [6.07, 6.45) is -4.62. The summed E-state index contributed by atoms with van der Waals surface area (Å²) < 4.78 is 40.7. The SMILES string of the molecule is CCC(NC)c1nc(CCC(F)(F)F)no1. The molecule has 0 amide bonds. The lowest BCUT2D eigenvalue weighted by atomic mass is 10.2. The van der Waals surface area contributed by atoms with Crippen LogP contribution >= 0.6 is 0 Å². The number of aromatic nitrogens is 2. The van der Waals surface area contributed by atoms with Crippen molar-refractivity contribution in [2.24, 2.45) is 0 Å². The Labute approximate surface area is 91.2 Å². The fourth-order valence-corrected chi connectivity index (χ4v) is 1.27. The molecule has 1 heterocycles. The molecule has 0 aromatic carbocycles. The molecule has 0 radical (unpaired) electrons. The van der Waals surface area contributed by atoms with E-state index in [9.17, 15) is 13.2 Å². The summed E-state index contributed by atoms with van der Waals surface area (Å²) in [6, 6.07) is -0.105. The molecule has 0 fully saturated rings. The highest BCUT2D eigenvalue weighted by molar-refractivity contribution is 4.92. The third kappa shape index (κ3) is 3.80. The molecule has 1 N–H and O–H groups in total. The van der Waals surface area contributed by atoms with Gasteiger partial charge in [-0.25, -0.2) is 0 Å². The maximum absolute atomic E-state index is 11.9. The van der Waals surface area contributed by atoms with E-state index in [1.165, 1.54) is 0 Å². The minimum Gasteiger partial charge on any atom is -0.338 e. The van der Waals surface area contributed by atoms with E-state index in [1.807, 2.05) is 6.92 Å². The van der Waals surface area contributed by atoms with Crippen LogP contribution in [0.5, 0.6) is 0 Å². The van der Waals surface area contributed by atoms with Gasteiger partial charge in [0.1, 0.15) is 0 Å². The average Bonchev–Trinajstić information content (AvgIpc) is 2.65. The molecule has 0 aliphatic rings. The van der Waals surface area contributed by atoms with Crippen LogP contribution in [0.2, 0.25) is 0 Å². The average molecular weight is 237 g/mol. The second kappa shape index (κ2) is 5.29. The normalized spacial score (nSPS) is 14.1. The molecule has 0 aliphatic heterocycles. The number of alkyl halides is 3. The zero-order valence-electron chi connectivity index (χ0n) is 9.14. The summed E-state index contributed by atoms with van der Waals surface area (Å²) in [7, 11) is 1.73. The van der Waals surface area contributed by atoms with Crippen molar-refractivity contribution in [1.29, 1.82) is 0 Å². The predicted molar refractivity (Wildman–Crippen MR) is 50.8 cm³/mol. The molecule has 0 saturated heterocycles. The zero-order valence-corrected chi connectivity index (χ0v) is 9.14. The third-order valence-electron chi connectivity index (χ3n) is 2.17. The highest BCUT2D eigenvalue weighted by Crippen LogP contribution is 2.22. The van der Waals surface area contributed by atoms with Gasteiger partial charge in [0.25, 0.3) is 0 Å². The Morgan fingerprint density at radius 1 is 1.44 bits per heavy atom. The van der Waals surface area contributed by atoms with E-state index in [1.54, 1.807) is 7.05 Å². The molecule has 4 nitrogen and oxygen atoms in total. The van der Waals surface area contributed by atoms with E-state index in [0.29, 0.717) is 5.89 Å². The lowest BCUT2D eigenvalue weighted by molar-refractivity contribution is -0.134. The fourth-order valence-electron chi connectivity index (χ4n) is 1.27. The van der Waals surface area contributed by atoms with Gasteiger partial charge in [-0.3, -0.25) is 0 Å². The van der Waals surface area contributed by atoms with Crippen LogP contribution in [0.25, 0.3) is 0 Å². The summed E-state index contributed by atoms with van der Waals surface area (Å²) in [4.78, 5) is 3.92. The van der Waals surface area contributed by atoms with Crippen LogP contribution in [0.15, 0.2) is 4.52 Å². The number of halogens is 3. The number of hydrogen-bond acceptors (Lipinski definition) is 4. The van der Waals surface area contributed by atoms with Gasteiger partial charge in [-0.2, -0.15) is 18.2 Å². The van der Waals surface area contributed by atoms with Crippen molar-refractivity contribution in [1.82, 2.24) is 15.5 Å². The second-order valence-corrected chi connectivity index (χ2v) is 3.41. The Morgan fingerprint density at radius 3 is 2.62 bits per heavy atom. The molecular formula is C9H14F3N3O. The summed E-state index contributed by atoms with van der Waals surface area (Å²) >= 11 is 0. The van der Waals surface area contributed by atoms with E-state index < -0.39 is 12.6 Å². The largest absolute Gasteiger partial charge is 0.389 e. The maximum atomic E-state index is 11.9. The first-order valence-electron chi connectivity index (χ1n) is 5.02. The van der Waals surface area contributed by atoms with Gasteiger partial charge in [-0.15, -0.1) is 0 Å². The standard InChI is InChI=1S/C9H14F3N3O/c1-3-6(13-2)8-14-7(15-16-8)4-5-9(10,11)12/h6,13H,3-5H2,1-2H3. The number of nitrogens with one attached hydrogen (secondary N) is 1. The fraction of sp³-hybridized carbons (Fsp3) is 0.778. The van der Waals surface area contributed by atoms with Crippen LogP contribution in [0.1, 0.15) is 37.5 Å². The second-order valence-electron chi connectivity index (χ2n) is 3.41. The van der Waals surface area contributed by atoms with Gasteiger partial charge < -0.3 is 9.84 Å². The van der Waals surface area contributed by atoms with Crippen LogP contribution < -0.4 is 5.32 Å². The molecule has 7 heteroatoms. The van der Waals surface area contributed by atoms with Gasteiger partial charge in [-0.1, -0.05) is 12.1 Å². The molecule has 0 spiro atoms. The van der Waals surface area contributed by atoms with Crippen LogP contribution in [0.4, 0.5) is 13.2 Å². The van der Waals surface area contributed by atoms with Crippen molar-refractivity contribution in [3.05, 3.63) is 11.7 Å². The van der Waals surface area contributed by atoms with Crippen molar-refractivity contribution in [3.63, 3.8) is 0 Å². The Morgan fingerprint density at radius 2 is 2.12 bits per heavy atom. The molecular weight excluding hydrogens is 223 g/mol. The van der Waals surface area contributed by atoms with E-state index in [4.69, 9.17) is 4.52 Å². The lowest BCUT2D eigenvalue weighted by Gasteiger charge is -2.06. The minimum atomic E-state index is -4.19. The van der Waals surface area contributed by atoms with Crippen molar-refractivity contribution < 1.29 is 17.7 Å². The number of hydrogen-bond donors (Lipinski definition) is 1. The first kappa shape index (κ1) is 13.0. The van der Waals surface area contributed by atoms with Crippen LogP contribution in [-0.4, -0.2) is 23.4 Å². The summed E-state index contributed by atoms with van der Waals surface area (Å²) in [5, 5.41) is 6.45. The number of rotatable bonds is 5. The Bertz CT molecular complexity index is 320. The van der Waals surface area contributed by atoms with Gasteiger partial charge in [0.15, 0.2) is 5.82 Å². The van der Waals surface area contributed by atoms with Crippen LogP contribution in [0, 0.1) is 0 Å². The van der Waals surface area contributed by atoms with E-state index in [0.717, 1.165) is 6.42 Å². The highest BCUT2D eigenvalue weighted by Gasteiger charge is 2.28. The van der Waals surface area contributed by atoms with Crippen molar-refractivity contribution in [3.8, 4) is 0 Å². The number of aryl methyl sites for hydroxylation is 1. The molecule has 0 saturated carbocycles. The zero-order chi connectivity index (χ0) is 12.2. The summed E-state index contributed by atoms with van der Waals surface area (Å²) in [5.74, 6) is 0.434. The summed E-state index contributed by atoms with van der Waals surface area (Å²) in [5.41, 5.74) is 0. The van der Waals surface area contributed by atoms with Gasteiger partial charge in [-0.05, 0) is 13.5 Å². The molecule has 0 bridgehead atoms. The Hall–Kier alpha value is -1.11. The lowest BCUT2D eigenvalue weighted by Crippen LogP contribution is -2.15. The van der Waals surface area contributed by atoms with Gasteiger partial charge in [0, 0.05) is 6.42 Å². The van der Waals surface area contributed by atoms with E-state index >= 15 is 0 Å². The molecule has 1 aromatic rings. The highest BCUT2D eigenvalue weighted by atomic mass is 19.4. The molecule has 92 valence electrons. The van der Waals surface area contributed by atoms with Gasteiger partial charge in [0.05, 0.1) is 12.5 Å². The monoisotopic (exact) mass is 237 g/mol. The van der Waals surface area contributed by atoms with Crippen molar-refractivity contribution in [2.45, 2.75) is 38.4 Å². The smallest absolute Gasteiger partial charge is 0.338 e. The molecule has 1 atom stereocenters. The number of nitrogens with zero attached hydrogens (tertiary/aromatic N) is 2. The van der Waals surface area contributed by atoms with Gasteiger partial charge >= 0.3 is 6.18 Å². The topological polar surface area (TPSA) is 51.0 Å². The Balaban J connectivity index is 2.58. The molecule has 16 heavy (non-hydrogen) atoms.